The van der Waals surface area contributed by atoms with Gasteiger partial charge in [0.05, 0.1) is 0 Å². The number of benzene rings is 1. The minimum absolute atomic E-state index is 0.0867. The van der Waals surface area contributed by atoms with Crippen LogP contribution in [0.25, 0.3) is 0 Å². The molecule has 2 N–H and O–H groups in total. The highest BCUT2D eigenvalue weighted by atomic mass is 16.4. The molecule has 0 unspecified atom stereocenters. The summed E-state index contributed by atoms with van der Waals surface area (Å²) in [6, 6.07) is 5.97. The maximum atomic E-state index is 12.0. The molecule has 0 atom stereocenters. The van der Waals surface area contributed by atoms with E-state index >= 15 is 0 Å². The van der Waals surface area contributed by atoms with Gasteiger partial charge in [-0.1, -0.05) is 0 Å². The van der Waals surface area contributed by atoms with Gasteiger partial charge in [-0.15, -0.1) is 0 Å². The number of rotatable bonds is 5. The number of carboxylic acid groups (broad SMARTS) is 1. The number of aromatic hydroxyl groups is 1. The third kappa shape index (κ3) is 3.23. The zero-order chi connectivity index (χ0) is 13.1. The Morgan fingerprint density at radius 2 is 1.83 bits per heavy atom. The van der Waals surface area contributed by atoms with Crippen LogP contribution in [0.2, 0.25) is 0 Å². The fourth-order valence-corrected chi connectivity index (χ4v) is 1.77. The van der Waals surface area contributed by atoms with E-state index in [9.17, 15) is 14.7 Å². The van der Waals surface area contributed by atoms with E-state index in [4.69, 9.17) is 5.11 Å². The van der Waals surface area contributed by atoms with Crippen molar-refractivity contribution in [3.05, 3.63) is 24.3 Å². The Morgan fingerprint density at radius 3 is 2.33 bits per heavy atom. The van der Waals surface area contributed by atoms with Gasteiger partial charge in [0.1, 0.15) is 12.3 Å². The van der Waals surface area contributed by atoms with Crippen molar-refractivity contribution in [2.45, 2.75) is 19.3 Å². The number of carbonyl (C=O) groups excluding carboxylic acids is 1. The molecule has 1 aromatic rings. The fourth-order valence-electron chi connectivity index (χ4n) is 1.77. The number of hydrogen-bond donors (Lipinski definition) is 2. The zero-order valence-corrected chi connectivity index (χ0v) is 9.87. The largest absolute Gasteiger partial charge is 0.508 e. The van der Waals surface area contributed by atoms with Gasteiger partial charge >= 0.3 is 5.97 Å². The summed E-state index contributed by atoms with van der Waals surface area (Å²) < 4.78 is 0. The molecule has 0 aromatic heterocycles. The van der Waals surface area contributed by atoms with Gasteiger partial charge < -0.3 is 15.1 Å². The van der Waals surface area contributed by atoms with Gasteiger partial charge in [0.2, 0.25) is 5.91 Å². The van der Waals surface area contributed by atoms with E-state index in [0.29, 0.717) is 18.0 Å². The van der Waals surface area contributed by atoms with Gasteiger partial charge in [0.25, 0.3) is 0 Å². The summed E-state index contributed by atoms with van der Waals surface area (Å²) in [6.45, 7) is -0.351. The highest BCUT2D eigenvalue weighted by Crippen LogP contribution is 2.33. The number of hydrogen-bond acceptors (Lipinski definition) is 3. The lowest BCUT2D eigenvalue weighted by Gasteiger charge is -2.20. The van der Waals surface area contributed by atoms with E-state index in [-0.39, 0.29) is 18.2 Å². The minimum atomic E-state index is -1.05. The number of anilines is 1. The SMILES string of the molecule is O=C(O)CN(C(=O)CC1CC1)c1ccc(O)cc1. The number of carbonyl (C=O) groups is 2. The van der Waals surface area contributed by atoms with E-state index < -0.39 is 5.97 Å². The topological polar surface area (TPSA) is 77.8 Å². The van der Waals surface area contributed by atoms with E-state index in [1.54, 1.807) is 12.1 Å². The smallest absolute Gasteiger partial charge is 0.323 e. The first kappa shape index (κ1) is 12.4. The summed E-state index contributed by atoms with van der Waals surface area (Å²) in [6.07, 6.45) is 2.48. The molecule has 0 aliphatic heterocycles. The normalized spacial score (nSPS) is 14.2. The molecule has 0 radical (unpaired) electrons. The second-order valence-electron chi connectivity index (χ2n) is 4.54. The first-order chi connectivity index (χ1) is 8.56. The van der Waals surface area contributed by atoms with Crippen molar-refractivity contribution in [3.63, 3.8) is 0 Å². The molecule has 0 spiro atoms. The third-order valence-corrected chi connectivity index (χ3v) is 2.92. The average Bonchev–Trinajstić information content (AvgIpc) is 3.11. The molecular weight excluding hydrogens is 234 g/mol. The Bertz CT molecular complexity index is 451. The van der Waals surface area contributed by atoms with Gasteiger partial charge in [0, 0.05) is 12.1 Å². The summed E-state index contributed by atoms with van der Waals surface area (Å²) >= 11 is 0. The maximum absolute atomic E-state index is 12.0. The van der Waals surface area contributed by atoms with E-state index in [0.717, 1.165) is 12.8 Å². The third-order valence-electron chi connectivity index (χ3n) is 2.92. The molecule has 0 bridgehead atoms. The van der Waals surface area contributed by atoms with Crippen LogP contribution in [-0.4, -0.2) is 28.6 Å². The quantitative estimate of drug-likeness (QED) is 0.831. The van der Waals surface area contributed by atoms with Crippen LogP contribution in [0.5, 0.6) is 5.75 Å². The van der Waals surface area contributed by atoms with Crippen LogP contribution in [0.1, 0.15) is 19.3 Å². The van der Waals surface area contributed by atoms with Crippen LogP contribution in [0.4, 0.5) is 5.69 Å². The second-order valence-corrected chi connectivity index (χ2v) is 4.54. The Hall–Kier alpha value is -2.04. The molecule has 5 heteroatoms. The number of amides is 1. The predicted octanol–water partition coefficient (Wildman–Crippen LogP) is 1.61. The summed E-state index contributed by atoms with van der Waals surface area (Å²) in [7, 11) is 0. The zero-order valence-electron chi connectivity index (χ0n) is 9.87. The molecule has 1 aromatic carbocycles. The number of carboxylic acids is 1. The number of phenols is 1. The van der Waals surface area contributed by atoms with Crippen LogP contribution in [0, 0.1) is 5.92 Å². The van der Waals surface area contributed by atoms with Crippen molar-refractivity contribution in [1.82, 2.24) is 0 Å². The molecule has 96 valence electrons. The first-order valence-corrected chi connectivity index (χ1v) is 5.87. The van der Waals surface area contributed by atoms with Crippen molar-refractivity contribution < 1.29 is 19.8 Å². The van der Waals surface area contributed by atoms with Gasteiger partial charge in [-0.05, 0) is 43.0 Å². The Balaban J connectivity index is 2.14. The lowest BCUT2D eigenvalue weighted by molar-refractivity contribution is -0.136. The molecule has 1 saturated carbocycles. The molecule has 1 aliphatic rings. The minimum Gasteiger partial charge on any atom is -0.508 e. The molecule has 1 amide bonds. The first-order valence-electron chi connectivity index (χ1n) is 5.87. The number of phenolic OH excluding ortho intramolecular Hbond substituents is 1. The standard InChI is InChI=1S/C13H15NO4/c15-11-5-3-10(4-6-11)14(8-13(17)18)12(16)7-9-1-2-9/h3-6,9,15H,1-2,7-8H2,(H,17,18). The summed E-state index contributed by atoms with van der Waals surface area (Å²) in [5.41, 5.74) is 0.501. The van der Waals surface area contributed by atoms with Gasteiger partial charge in [-0.2, -0.15) is 0 Å². The van der Waals surface area contributed by atoms with Crippen LogP contribution < -0.4 is 4.90 Å². The Labute approximate surface area is 105 Å². The second kappa shape index (κ2) is 5.08. The highest BCUT2D eigenvalue weighted by molar-refractivity contribution is 5.97. The molecule has 18 heavy (non-hydrogen) atoms. The number of nitrogens with zero attached hydrogens (tertiary/aromatic N) is 1. The molecular formula is C13H15NO4. The summed E-state index contributed by atoms with van der Waals surface area (Å²) in [5, 5.41) is 18.0. The molecule has 0 saturated heterocycles. The van der Waals surface area contributed by atoms with Gasteiger partial charge in [-0.25, -0.2) is 0 Å². The average molecular weight is 249 g/mol. The molecule has 0 heterocycles. The monoisotopic (exact) mass is 249 g/mol. The van der Waals surface area contributed by atoms with Crippen LogP contribution >= 0.6 is 0 Å². The fraction of sp³-hybridized carbons (Fsp3) is 0.385. The van der Waals surface area contributed by atoms with Gasteiger partial charge in [-0.3, -0.25) is 9.59 Å². The van der Waals surface area contributed by atoms with E-state index in [1.807, 2.05) is 0 Å². The number of aliphatic carboxylic acids is 1. The highest BCUT2D eigenvalue weighted by Gasteiger charge is 2.28. The summed E-state index contributed by atoms with van der Waals surface area (Å²) in [4.78, 5) is 24.1. The molecule has 1 aliphatic carbocycles. The van der Waals surface area contributed by atoms with Crippen molar-refractivity contribution in [1.29, 1.82) is 0 Å². The molecule has 1 fully saturated rings. The maximum Gasteiger partial charge on any atom is 0.323 e. The van der Waals surface area contributed by atoms with Gasteiger partial charge in [0.15, 0.2) is 0 Å². The Morgan fingerprint density at radius 1 is 1.22 bits per heavy atom. The van der Waals surface area contributed by atoms with Crippen molar-refractivity contribution in [3.8, 4) is 5.75 Å². The van der Waals surface area contributed by atoms with Crippen molar-refractivity contribution >= 4 is 17.6 Å². The van der Waals surface area contributed by atoms with Crippen LogP contribution in [-0.2, 0) is 9.59 Å². The van der Waals surface area contributed by atoms with Crippen LogP contribution in [0.3, 0.4) is 0 Å². The lowest BCUT2D eigenvalue weighted by atomic mass is 10.2. The summed E-state index contributed by atoms with van der Waals surface area (Å²) in [5.74, 6) is -0.729. The Kier molecular flexibility index (Phi) is 3.50. The van der Waals surface area contributed by atoms with E-state index in [1.165, 1.54) is 17.0 Å². The van der Waals surface area contributed by atoms with E-state index in [2.05, 4.69) is 0 Å². The van der Waals surface area contributed by atoms with Crippen molar-refractivity contribution in [2.24, 2.45) is 5.92 Å². The van der Waals surface area contributed by atoms with Crippen LogP contribution in [0.15, 0.2) is 24.3 Å². The van der Waals surface area contributed by atoms with Crippen molar-refractivity contribution in [2.75, 3.05) is 11.4 Å². The predicted molar refractivity (Wildman–Crippen MR) is 65.4 cm³/mol. The molecule has 2 rings (SSSR count). The lowest BCUT2D eigenvalue weighted by Crippen LogP contribution is -2.35. The molecule has 5 nitrogen and oxygen atoms in total.